The molecule has 4 atom stereocenters. The lowest BCUT2D eigenvalue weighted by Gasteiger charge is -2.32. The molecule has 0 aliphatic heterocycles. The second-order valence-corrected chi connectivity index (χ2v) is 12.9. The summed E-state index contributed by atoms with van der Waals surface area (Å²) in [4.78, 5) is 52.2. The van der Waals surface area contributed by atoms with Crippen LogP contribution in [0.25, 0.3) is 0 Å². The summed E-state index contributed by atoms with van der Waals surface area (Å²) in [5, 5.41) is 12.2. The average molecular weight is 671 g/mol. The van der Waals surface area contributed by atoms with Gasteiger partial charge in [0.05, 0.1) is 19.1 Å². The molecule has 2 amide bonds. The summed E-state index contributed by atoms with van der Waals surface area (Å²) in [5.74, 6) is -0.415. The average Bonchev–Trinajstić information content (AvgIpc) is 2.99. The summed E-state index contributed by atoms with van der Waals surface area (Å²) in [6, 6.07) is 4.98. The molecular weight excluding hydrogens is 616 g/mol. The highest BCUT2D eigenvalue weighted by Crippen LogP contribution is 2.32. The Morgan fingerprint density at radius 1 is 1.02 bits per heavy atom. The van der Waals surface area contributed by atoms with E-state index in [9.17, 15) is 24.5 Å². The van der Waals surface area contributed by atoms with Gasteiger partial charge in [0.1, 0.15) is 6.10 Å². The van der Waals surface area contributed by atoms with Gasteiger partial charge in [-0.15, -0.1) is 10.1 Å². The monoisotopic (exact) mass is 670 g/mol. The molecule has 0 fully saturated rings. The zero-order chi connectivity index (χ0) is 35.7. The standard InChI is InChI=1S/C32H54N4O11/c1-20(2)23(14-22-10-11-26(43-8)28(15-22)44-13-9-12-42-7)16-25(33)27(47-31(39)45-19-46-36(40)41)17-24(21(3)4)29(37)35-18-32(5,6)30(34)38/h10-11,15,20-21,23-25,27H,9,12-14,16-19,33H2,1-8H3,(H2,34,38)(H,35,37). The number of nitrogens with zero attached hydrogens (tertiary/aromatic N) is 1. The van der Waals surface area contributed by atoms with Gasteiger partial charge in [0.2, 0.25) is 18.6 Å². The smallest absolute Gasteiger partial charge is 0.493 e. The van der Waals surface area contributed by atoms with Gasteiger partial charge < -0.3 is 40.5 Å². The lowest BCUT2D eigenvalue weighted by molar-refractivity contribution is -0.765. The third-order valence-corrected chi connectivity index (χ3v) is 8.05. The van der Waals surface area contributed by atoms with E-state index in [1.807, 2.05) is 32.0 Å². The summed E-state index contributed by atoms with van der Waals surface area (Å²) < 4.78 is 26.8. The Morgan fingerprint density at radius 3 is 2.26 bits per heavy atom. The van der Waals surface area contributed by atoms with Crippen LogP contribution in [0.3, 0.4) is 0 Å². The van der Waals surface area contributed by atoms with E-state index < -0.39 is 47.4 Å². The van der Waals surface area contributed by atoms with Gasteiger partial charge >= 0.3 is 6.16 Å². The number of nitrogens with one attached hydrogen (secondary N) is 1. The van der Waals surface area contributed by atoms with Crippen molar-refractivity contribution in [2.45, 2.75) is 79.4 Å². The van der Waals surface area contributed by atoms with Crippen LogP contribution in [0.1, 0.15) is 66.4 Å². The van der Waals surface area contributed by atoms with Gasteiger partial charge in [0.15, 0.2) is 11.5 Å². The van der Waals surface area contributed by atoms with Crippen LogP contribution < -0.4 is 26.3 Å². The van der Waals surface area contributed by atoms with Crippen molar-refractivity contribution in [2.24, 2.45) is 40.6 Å². The Kier molecular flexibility index (Phi) is 17.9. The lowest BCUT2D eigenvalue weighted by Crippen LogP contribution is -2.47. The largest absolute Gasteiger partial charge is 0.510 e. The minimum absolute atomic E-state index is 0.0115. The molecule has 1 rings (SSSR count). The highest BCUT2D eigenvalue weighted by molar-refractivity contribution is 5.83. The van der Waals surface area contributed by atoms with Crippen molar-refractivity contribution in [1.29, 1.82) is 0 Å². The van der Waals surface area contributed by atoms with Gasteiger partial charge in [-0.2, -0.15) is 0 Å². The Labute approximate surface area is 277 Å². The number of hydrogen-bond donors (Lipinski definition) is 3. The molecule has 0 aliphatic rings. The molecule has 15 nitrogen and oxygen atoms in total. The molecule has 0 aromatic heterocycles. The van der Waals surface area contributed by atoms with Gasteiger partial charge in [-0.25, -0.2) is 4.79 Å². The molecule has 1 aromatic carbocycles. The minimum Gasteiger partial charge on any atom is -0.493 e. The fourth-order valence-electron chi connectivity index (χ4n) is 4.79. The number of carbonyl (C=O) groups excluding carboxylic acids is 3. The molecule has 47 heavy (non-hydrogen) atoms. The Balaban J connectivity index is 3.22. The molecule has 268 valence electrons. The van der Waals surface area contributed by atoms with Crippen LogP contribution in [0.5, 0.6) is 11.5 Å². The normalized spacial score (nSPS) is 14.1. The van der Waals surface area contributed by atoms with Crippen LogP contribution in [-0.4, -0.2) is 76.0 Å². The number of primary amides is 1. The van der Waals surface area contributed by atoms with E-state index in [4.69, 9.17) is 35.2 Å². The third kappa shape index (κ3) is 15.1. The molecule has 5 N–H and O–H groups in total. The van der Waals surface area contributed by atoms with Gasteiger partial charge in [-0.1, -0.05) is 33.8 Å². The van der Waals surface area contributed by atoms with Crippen molar-refractivity contribution in [3.05, 3.63) is 33.9 Å². The number of ether oxygens (including phenoxy) is 5. The van der Waals surface area contributed by atoms with Gasteiger partial charge in [-0.05, 0) is 68.6 Å². The first-order valence-corrected chi connectivity index (χ1v) is 15.7. The maximum absolute atomic E-state index is 13.3. The van der Waals surface area contributed by atoms with Crippen LogP contribution in [0.2, 0.25) is 0 Å². The van der Waals surface area contributed by atoms with Crippen molar-refractivity contribution < 1.29 is 48.0 Å². The van der Waals surface area contributed by atoms with E-state index in [-0.39, 0.29) is 36.6 Å². The number of methoxy groups -OCH3 is 2. The van der Waals surface area contributed by atoms with E-state index in [0.29, 0.717) is 44.0 Å². The maximum Gasteiger partial charge on any atom is 0.510 e. The summed E-state index contributed by atoms with van der Waals surface area (Å²) in [7, 11) is 3.21. The van der Waals surface area contributed by atoms with Crippen molar-refractivity contribution in [1.82, 2.24) is 5.32 Å². The van der Waals surface area contributed by atoms with Gasteiger partial charge in [0, 0.05) is 38.6 Å². The molecule has 0 saturated heterocycles. The number of hydrogen-bond acceptors (Lipinski definition) is 12. The van der Waals surface area contributed by atoms with Crippen LogP contribution >= 0.6 is 0 Å². The number of nitrogens with two attached hydrogens (primary N) is 2. The third-order valence-electron chi connectivity index (χ3n) is 8.05. The van der Waals surface area contributed by atoms with Gasteiger partial charge in [-0.3, -0.25) is 14.4 Å². The molecule has 4 unspecified atom stereocenters. The van der Waals surface area contributed by atoms with E-state index in [2.05, 4.69) is 24.0 Å². The first kappa shape index (κ1) is 41.2. The second-order valence-electron chi connectivity index (χ2n) is 12.9. The van der Waals surface area contributed by atoms with Crippen LogP contribution in [0.4, 0.5) is 4.79 Å². The fourth-order valence-corrected chi connectivity index (χ4v) is 4.79. The van der Waals surface area contributed by atoms with Crippen molar-refractivity contribution >= 4 is 18.0 Å². The molecule has 0 aliphatic carbocycles. The van der Waals surface area contributed by atoms with Crippen LogP contribution in [-0.2, 0) is 35.1 Å². The quantitative estimate of drug-likeness (QED) is 0.0501. The topological polar surface area (TPSA) is 214 Å². The van der Waals surface area contributed by atoms with E-state index in [1.165, 1.54) is 0 Å². The molecule has 15 heteroatoms. The predicted molar refractivity (Wildman–Crippen MR) is 173 cm³/mol. The van der Waals surface area contributed by atoms with Crippen LogP contribution in [0.15, 0.2) is 18.2 Å². The molecule has 0 bridgehead atoms. The predicted octanol–water partition coefficient (Wildman–Crippen LogP) is 3.62. The van der Waals surface area contributed by atoms with Crippen LogP contribution in [0, 0.1) is 39.2 Å². The summed E-state index contributed by atoms with van der Waals surface area (Å²) in [6.07, 6.45) is -0.465. The highest BCUT2D eigenvalue weighted by atomic mass is 17.0. The van der Waals surface area contributed by atoms with Crippen molar-refractivity contribution in [3.8, 4) is 11.5 Å². The number of benzene rings is 1. The Bertz CT molecular complexity index is 1150. The first-order chi connectivity index (χ1) is 22.0. The summed E-state index contributed by atoms with van der Waals surface area (Å²) >= 11 is 0. The number of carbonyl (C=O) groups is 3. The lowest BCUT2D eigenvalue weighted by atomic mass is 9.80. The van der Waals surface area contributed by atoms with Crippen molar-refractivity contribution in [3.63, 3.8) is 0 Å². The van der Waals surface area contributed by atoms with E-state index >= 15 is 0 Å². The zero-order valence-corrected chi connectivity index (χ0v) is 28.9. The van der Waals surface area contributed by atoms with Gasteiger partial charge in [0.25, 0.3) is 5.09 Å². The first-order valence-electron chi connectivity index (χ1n) is 15.7. The van der Waals surface area contributed by atoms with E-state index in [1.54, 1.807) is 28.1 Å². The fraction of sp³-hybridized carbons (Fsp3) is 0.719. The number of amides is 2. The Morgan fingerprint density at radius 2 is 1.70 bits per heavy atom. The SMILES string of the molecule is COCCCOc1cc(CC(CC(N)C(CC(C(=O)NCC(C)(C)C(N)=O)C(C)C)OC(=O)OCO[N+](=O)[O-])C(C)C)ccc1OC. The summed E-state index contributed by atoms with van der Waals surface area (Å²) in [6.45, 7) is 11.1. The Hall–Kier alpha value is -3.85. The summed E-state index contributed by atoms with van der Waals surface area (Å²) in [5.41, 5.74) is 12.2. The number of rotatable bonds is 23. The highest BCUT2D eigenvalue weighted by Gasteiger charge is 2.35. The minimum atomic E-state index is -1.23. The van der Waals surface area contributed by atoms with Crippen molar-refractivity contribution in [2.75, 3.05) is 40.8 Å². The molecule has 0 spiro atoms. The molecule has 0 radical (unpaired) electrons. The second kappa shape index (κ2) is 20.4. The molecule has 0 heterocycles. The molecular formula is C32H54N4O11. The maximum atomic E-state index is 13.3. The molecule has 0 saturated carbocycles. The van der Waals surface area contributed by atoms with E-state index in [0.717, 1.165) is 5.56 Å². The zero-order valence-electron chi connectivity index (χ0n) is 28.9. The molecule has 1 aromatic rings.